The van der Waals surface area contributed by atoms with Gasteiger partial charge in [0, 0.05) is 17.2 Å². The average molecular weight is 310 g/mol. The van der Waals surface area contributed by atoms with E-state index in [0.29, 0.717) is 0 Å². The first-order valence-corrected chi connectivity index (χ1v) is 6.33. The zero-order valence-corrected chi connectivity index (χ0v) is 12.3. The molecular formula is C13H16BrN3O. The standard InChI is InChI=1S/C13H16BrN3O/c1-13(2,9-15)17(3)12(18)8-16-11-6-4-10(14)5-7-11/h4-7,16H,8H2,1-3H3. The smallest absolute Gasteiger partial charge is 0.242 e. The lowest BCUT2D eigenvalue weighted by atomic mass is 10.1. The molecule has 0 spiro atoms. The maximum Gasteiger partial charge on any atom is 0.242 e. The molecule has 0 aliphatic heterocycles. The minimum Gasteiger partial charge on any atom is -0.376 e. The average Bonchev–Trinajstić information content (AvgIpc) is 2.36. The van der Waals surface area contributed by atoms with Crippen LogP contribution in [0.15, 0.2) is 28.7 Å². The van der Waals surface area contributed by atoms with Crippen LogP contribution in [-0.2, 0) is 4.79 Å². The molecule has 0 radical (unpaired) electrons. The molecule has 1 aromatic carbocycles. The van der Waals surface area contributed by atoms with Crippen LogP contribution in [0.1, 0.15) is 13.8 Å². The van der Waals surface area contributed by atoms with Crippen LogP contribution in [0.2, 0.25) is 0 Å². The van der Waals surface area contributed by atoms with E-state index in [1.165, 1.54) is 4.90 Å². The summed E-state index contributed by atoms with van der Waals surface area (Å²) in [5, 5.41) is 12.0. The van der Waals surface area contributed by atoms with Gasteiger partial charge in [-0.1, -0.05) is 15.9 Å². The molecule has 1 N–H and O–H groups in total. The zero-order valence-electron chi connectivity index (χ0n) is 10.7. The predicted molar refractivity (Wildman–Crippen MR) is 75.1 cm³/mol. The van der Waals surface area contributed by atoms with E-state index in [1.807, 2.05) is 24.3 Å². The Morgan fingerprint density at radius 2 is 2.00 bits per heavy atom. The molecule has 18 heavy (non-hydrogen) atoms. The fraction of sp³-hybridized carbons (Fsp3) is 0.385. The molecule has 5 heteroatoms. The van der Waals surface area contributed by atoms with Crippen molar-refractivity contribution >= 4 is 27.5 Å². The van der Waals surface area contributed by atoms with E-state index in [4.69, 9.17) is 5.26 Å². The maximum atomic E-state index is 11.9. The highest BCUT2D eigenvalue weighted by atomic mass is 79.9. The third-order valence-electron chi connectivity index (χ3n) is 2.77. The molecular weight excluding hydrogens is 294 g/mol. The van der Waals surface area contributed by atoms with Crippen molar-refractivity contribution in [1.29, 1.82) is 5.26 Å². The number of amides is 1. The minimum absolute atomic E-state index is 0.121. The van der Waals surface area contributed by atoms with Crippen LogP contribution in [0.25, 0.3) is 0 Å². The van der Waals surface area contributed by atoms with Crippen molar-refractivity contribution in [1.82, 2.24) is 4.90 Å². The topological polar surface area (TPSA) is 56.1 Å². The third kappa shape index (κ3) is 3.74. The SMILES string of the molecule is CN(C(=O)CNc1ccc(Br)cc1)C(C)(C)C#N. The first-order valence-electron chi connectivity index (χ1n) is 5.54. The van der Waals surface area contributed by atoms with E-state index >= 15 is 0 Å². The highest BCUT2D eigenvalue weighted by Gasteiger charge is 2.26. The number of nitrogens with one attached hydrogen (secondary N) is 1. The van der Waals surface area contributed by atoms with Gasteiger partial charge in [-0.15, -0.1) is 0 Å². The molecule has 0 heterocycles. The lowest BCUT2D eigenvalue weighted by molar-refractivity contribution is -0.131. The predicted octanol–water partition coefficient (Wildman–Crippen LogP) is 2.62. The van der Waals surface area contributed by atoms with Gasteiger partial charge in [-0.3, -0.25) is 4.79 Å². The lowest BCUT2D eigenvalue weighted by Crippen LogP contribution is -2.46. The van der Waals surface area contributed by atoms with Gasteiger partial charge in [0.1, 0.15) is 5.54 Å². The van der Waals surface area contributed by atoms with E-state index < -0.39 is 5.54 Å². The molecule has 0 atom stereocenters. The van der Waals surface area contributed by atoms with Crippen molar-refractivity contribution in [2.24, 2.45) is 0 Å². The third-order valence-corrected chi connectivity index (χ3v) is 3.30. The van der Waals surface area contributed by atoms with Crippen LogP contribution in [0.3, 0.4) is 0 Å². The minimum atomic E-state index is -0.793. The summed E-state index contributed by atoms with van der Waals surface area (Å²) < 4.78 is 0.988. The van der Waals surface area contributed by atoms with Crippen molar-refractivity contribution < 1.29 is 4.79 Å². The number of carbonyl (C=O) groups excluding carboxylic acids is 1. The first-order chi connectivity index (χ1) is 8.36. The van der Waals surface area contributed by atoms with Gasteiger partial charge in [-0.25, -0.2) is 0 Å². The Morgan fingerprint density at radius 1 is 1.44 bits per heavy atom. The van der Waals surface area contributed by atoms with Crippen molar-refractivity contribution in [3.05, 3.63) is 28.7 Å². The van der Waals surface area contributed by atoms with Crippen LogP contribution in [0.4, 0.5) is 5.69 Å². The molecule has 0 saturated carbocycles. The molecule has 0 unspecified atom stereocenters. The van der Waals surface area contributed by atoms with Crippen LogP contribution >= 0.6 is 15.9 Å². The molecule has 0 aliphatic carbocycles. The maximum absolute atomic E-state index is 11.9. The van der Waals surface area contributed by atoms with Gasteiger partial charge in [-0.05, 0) is 38.1 Å². The summed E-state index contributed by atoms with van der Waals surface area (Å²) in [6, 6.07) is 9.66. The number of nitrogens with zero attached hydrogens (tertiary/aromatic N) is 2. The van der Waals surface area contributed by atoms with Gasteiger partial charge in [0.2, 0.25) is 5.91 Å². The molecule has 96 valence electrons. The number of benzene rings is 1. The van der Waals surface area contributed by atoms with Crippen LogP contribution in [0, 0.1) is 11.3 Å². The molecule has 1 amide bonds. The van der Waals surface area contributed by atoms with E-state index in [0.717, 1.165) is 10.2 Å². The Bertz CT molecular complexity index is 462. The van der Waals surface area contributed by atoms with Gasteiger partial charge in [0.05, 0.1) is 12.6 Å². The van der Waals surface area contributed by atoms with Gasteiger partial charge >= 0.3 is 0 Å². The van der Waals surface area contributed by atoms with Crippen molar-refractivity contribution in [2.75, 3.05) is 18.9 Å². The number of likely N-dealkylation sites (N-methyl/N-ethyl adjacent to an activating group) is 1. The Morgan fingerprint density at radius 3 is 2.50 bits per heavy atom. The highest BCUT2D eigenvalue weighted by Crippen LogP contribution is 2.15. The second-order valence-corrected chi connectivity index (χ2v) is 5.40. The lowest BCUT2D eigenvalue weighted by Gasteiger charge is -2.29. The molecule has 4 nitrogen and oxygen atoms in total. The molecule has 1 aromatic rings. The van der Waals surface area contributed by atoms with E-state index in [-0.39, 0.29) is 12.5 Å². The second kappa shape index (κ2) is 5.87. The number of halogens is 1. The Hall–Kier alpha value is -1.54. The van der Waals surface area contributed by atoms with E-state index in [2.05, 4.69) is 27.3 Å². The summed E-state index contributed by atoms with van der Waals surface area (Å²) in [7, 11) is 1.63. The summed E-state index contributed by atoms with van der Waals surface area (Å²) in [5.74, 6) is -0.121. The number of carbonyl (C=O) groups is 1. The Kier molecular flexibility index (Phi) is 4.74. The number of rotatable bonds is 4. The van der Waals surface area contributed by atoms with Crippen LogP contribution in [0.5, 0.6) is 0 Å². The van der Waals surface area contributed by atoms with E-state index in [9.17, 15) is 4.79 Å². The fourth-order valence-corrected chi connectivity index (χ4v) is 1.52. The molecule has 0 aliphatic rings. The normalized spacial score (nSPS) is 10.6. The van der Waals surface area contributed by atoms with Gasteiger partial charge < -0.3 is 10.2 Å². The van der Waals surface area contributed by atoms with E-state index in [1.54, 1.807) is 20.9 Å². The number of nitriles is 1. The molecule has 0 fully saturated rings. The molecule has 1 rings (SSSR count). The van der Waals surface area contributed by atoms with Crippen molar-refractivity contribution in [2.45, 2.75) is 19.4 Å². The zero-order chi connectivity index (χ0) is 13.8. The largest absolute Gasteiger partial charge is 0.376 e. The Labute approximate surface area is 116 Å². The molecule has 0 saturated heterocycles. The summed E-state index contributed by atoms with van der Waals surface area (Å²) in [6.45, 7) is 3.60. The van der Waals surface area contributed by atoms with Gasteiger partial charge in [0.25, 0.3) is 0 Å². The number of hydrogen-bond donors (Lipinski definition) is 1. The van der Waals surface area contributed by atoms with Gasteiger partial charge in [0.15, 0.2) is 0 Å². The fourth-order valence-electron chi connectivity index (χ4n) is 1.25. The van der Waals surface area contributed by atoms with Crippen LogP contribution in [-0.4, -0.2) is 29.9 Å². The molecule has 0 bridgehead atoms. The quantitative estimate of drug-likeness (QED) is 0.930. The Balaban J connectivity index is 2.57. The first kappa shape index (κ1) is 14.5. The summed E-state index contributed by atoms with van der Waals surface area (Å²) in [6.07, 6.45) is 0. The number of anilines is 1. The molecule has 0 aromatic heterocycles. The number of hydrogen-bond acceptors (Lipinski definition) is 3. The van der Waals surface area contributed by atoms with Gasteiger partial charge in [-0.2, -0.15) is 5.26 Å². The van der Waals surface area contributed by atoms with Crippen LogP contribution < -0.4 is 5.32 Å². The summed E-state index contributed by atoms with van der Waals surface area (Å²) in [5.41, 5.74) is 0.0769. The summed E-state index contributed by atoms with van der Waals surface area (Å²) >= 11 is 3.35. The monoisotopic (exact) mass is 309 g/mol. The van der Waals surface area contributed by atoms with Crippen molar-refractivity contribution in [3.63, 3.8) is 0 Å². The second-order valence-electron chi connectivity index (χ2n) is 4.48. The highest BCUT2D eigenvalue weighted by molar-refractivity contribution is 9.10. The summed E-state index contributed by atoms with van der Waals surface area (Å²) in [4.78, 5) is 13.3. The van der Waals surface area contributed by atoms with Crippen molar-refractivity contribution in [3.8, 4) is 6.07 Å².